The number of nitrogens with two attached hydrogens (primary N) is 1. The normalized spacial score (nSPS) is 15.1. The predicted molar refractivity (Wildman–Crippen MR) is 174 cm³/mol. The molecule has 4 aromatic rings. The van der Waals surface area contributed by atoms with Gasteiger partial charge in [-0.25, -0.2) is 9.97 Å². The minimum absolute atomic E-state index is 0.225. The number of anilines is 5. The van der Waals surface area contributed by atoms with E-state index in [4.69, 9.17) is 45.6 Å². The molecule has 0 aliphatic heterocycles. The van der Waals surface area contributed by atoms with Gasteiger partial charge < -0.3 is 31.9 Å². The molecule has 10 nitrogen and oxygen atoms in total. The van der Waals surface area contributed by atoms with Crippen LogP contribution in [0.25, 0.3) is 0 Å². The summed E-state index contributed by atoms with van der Waals surface area (Å²) in [5.41, 5.74) is 8.70. The Kier molecular flexibility index (Phi) is 11.6. The highest BCUT2D eigenvalue weighted by Crippen LogP contribution is 2.29. The van der Waals surface area contributed by atoms with Gasteiger partial charge in [-0.1, -0.05) is 47.5 Å². The van der Waals surface area contributed by atoms with Gasteiger partial charge in [-0.3, -0.25) is 0 Å². The van der Waals surface area contributed by atoms with Gasteiger partial charge in [0.15, 0.2) is 5.82 Å². The monoisotopic (exact) mass is 644 g/mol. The Morgan fingerprint density at radius 2 is 1.30 bits per heavy atom. The number of nitrogens with one attached hydrogen (secondary N) is 3. The Labute approximate surface area is 266 Å². The number of aliphatic hydroxyl groups is 2. The number of nitrogen functional groups attached to an aromatic ring is 1. The second-order valence-electron chi connectivity index (χ2n) is 10.3. The highest BCUT2D eigenvalue weighted by atomic mass is 35.5. The van der Waals surface area contributed by atoms with Crippen LogP contribution in [0.5, 0.6) is 0 Å². The smallest absolute Gasteiger partial charge is 0.229 e. The first-order valence-electron chi connectivity index (χ1n) is 13.9. The summed E-state index contributed by atoms with van der Waals surface area (Å²) in [6.07, 6.45) is 6.81. The maximum absolute atomic E-state index is 9.61. The van der Waals surface area contributed by atoms with E-state index in [0.717, 1.165) is 29.7 Å². The lowest BCUT2D eigenvalue weighted by Crippen LogP contribution is -2.06. The van der Waals surface area contributed by atoms with Crippen molar-refractivity contribution in [2.75, 3.05) is 21.7 Å². The summed E-state index contributed by atoms with van der Waals surface area (Å²) in [6.45, 7) is 3.45. The molecule has 0 amide bonds. The molecule has 13 heteroatoms. The van der Waals surface area contributed by atoms with Gasteiger partial charge in [0.1, 0.15) is 15.9 Å². The van der Waals surface area contributed by atoms with Crippen LogP contribution in [0.1, 0.15) is 62.9 Å². The molecule has 2 atom stereocenters. The summed E-state index contributed by atoms with van der Waals surface area (Å²) in [7, 11) is 0. The van der Waals surface area contributed by atoms with E-state index in [-0.39, 0.29) is 5.28 Å². The molecular weight excluding hydrogens is 611 g/mol. The molecule has 228 valence electrons. The van der Waals surface area contributed by atoms with E-state index in [1.165, 1.54) is 19.0 Å². The van der Waals surface area contributed by atoms with Crippen molar-refractivity contribution in [3.63, 3.8) is 0 Å². The number of benzene rings is 2. The standard InChI is InChI=1S/C15H17ClN4O.C8H11NO.C7H7Cl2N3/c1-9(21)10-3-2-4-12(7-10)19-15-17-8-13(16)14(20-15)18-11-5-6-11;1-6(10)7-3-2-4-8(9)5-7;8-5-3-10-7(9)12-6(5)11-4-1-2-4/h2-4,7-9,11,21H,5-6H2,1H3,(H2,17,18,19,20);2-6,10H,9H2,1H3;3-4H,1-2H2,(H,10,11,12). The number of halogens is 3. The molecule has 2 aliphatic carbocycles. The van der Waals surface area contributed by atoms with Crippen molar-refractivity contribution < 1.29 is 10.2 Å². The third kappa shape index (κ3) is 11.0. The second-order valence-corrected chi connectivity index (χ2v) is 11.5. The number of nitrogens with zero attached hydrogens (tertiary/aromatic N) is 4. The maximum atomic E-state index is 9.61. The van der Waals surface area contributed by atoms with Gasteiger partial charge in [0.25, 0.3) is 0 Å². The van der Waals surface area contributed by atoms with Crippen LogP contribution >= 0.6 is 34.8 Å². The summed E-state index contributed by atoms with van der Waals surface area (Å²) >= 11 is 17.5. The molecule has 0 bridgehead atoms. The van der Waals surface area contributed by atoms with Gasteiger partial charge in [-0.05, 0) is 86.5 Å². The lowest BCUT2D eigenvalue weighted by atomic mass is 10.1. The first-order valence-corrected chi connectivity index (χ1v) is 15.0. The van der Waals surface area contributed by atoms with E-state index in [9.17, 15) is 5.11 Å². The van der Waals surface area contributed by atoms with Gasteiger partial charge >= 0.3 is 0 Å². The van der Waals surface area contributed by atoms with Gasteiger partial charge in [0.05, 0.1) is 24.6 Å². The average molecular weight is 646 g/mol. The van der Waals surface area contributed by atoms with Crippen molar-refractivity contribution in [2.24, 2.45) is 0 Å². The van der Waals surface area contributed by atoms with Crippen LogP contribution in [0.3, 0.4) is 0 Å². The third-order valence-electron chi connectivity index (χ3n) is 6.31. The third-order valence-corrected chi connectivity index (χ3v) is 7.05. The van der Waals surface area contributed by atoms with Crippen LogP contribution in [0.4, 0.5) is 29.0 Å². The molecule has 2 aliphatic rings. The minimum atomic E-state index is -0.509. The fourth-order valence-electron chi connectivity index (χ4n) is 3.64. The number of hydrogen-bond donors (Lipinski definition) is 6. The summed E-state index contributed by atoms with van der Waals surface area (Å²) in [4.78, 5) is 16.3. The molecule has 2 fully saturated rings. The van der Waals surface area contributed by atoms with E-state index >= 15 is 0 Å². The Hall–Kier alpha value is -3.41. The van der Waals surface area contributed by atoms with Gasteiger partial charge in [0, 0.05) is 23.5 Å². The first-order chi connectivity index (χ1) is 20.6. The zero-order valence-corrected chi connectivity index (χ0v) is 26.1. The van der Waals surface area contributed by atoms with Crippen molar-refractivity contribution in [1.29, 1.82) is 0 Å². The molecule has 0 spiro atoms. The van der Waals surface area contributed by atoms with Crippen LogP contribution in [0.2, 0.25) is 15.3 Å². The highest BCUT2D eigenvalue weighted by molar-refractivity contribution is 6.33. The Balaban J connectivity index is 0.000000163. The van der Waals surface area contributed by atoms with Crippen LogP contribution in [-0.4, -0.2) is 42.2 Å². The molecule has 0 radical (unpaired) electrons. The molecule has 43 heavy (non-hydrogen) atoms. The van der Waals surface area contributed by atoms with E-state index in [0.29, 0.717) is 45.4 Å². The SMILES string of the molecule is CC(O)c1cccc(N)c1.CC(O)c1cccc(Nc2ncc(Cl)c(NC3CC3)n2)c1.Clc1ncc(Cl)c(NC2CC2)n1. The van der Waals surface area contributed by atoms with E-state index in [2.05, 4.69) is 35.9 Å². The zero-order valence-electron chi connectivity index (χ0n) is 23.8. The molecule has 6 rings (SSSR count). The molecule has 2 unspecified atom stereocenters. The predicted octanol–water partition coefficient (Wildman–Crippen LogP) is 7.18. The minimum Gasteiger partial charge on any atom is -0.399 e. The summed E-state index contributed by atoms with van der Waals surface area (Å²) in [5.74, 6) is 1.77. The number of rotatable bonds is 8. The quantitative estimate of drug-likeness (QED) is 0.0857. The Bertz CT molecular complexity index is 1500. The molecule has 2 saturated carbocycles. The molecule has 2 heterocycles. The lowest BCUT2D eigenvalue weighted by Gasteiger charge is -2.11. The van der Waals surface area contributed by atoms with Crippen molar-refractivity contribution in [1.82, 2.24) is 19.9 Å². The molecule has 2 aromatic heterocycles. The van der Waals surface area contributed by atoms with Crippen LogP contribution < -0.4 is 21.7 Å². The van der Waals surface area contributed by atoms with Crippen molar-refractivity contribution in [3.8, 4) is 0 Å². The van der Waals surface area contributed by atoms with Crippen molar-refractivity contribution in [2.45, 2.75) is 63.8 Å². The molecular formula is C30H35Cl3N8O2. The molecule has 2 aromatic carbocycles. The molecule has 0 saturated heterocycles. The van der Waals surface area contributed by atoms with Gasteiger partial charge in [-0.2, -0.15) is 9.97 Å². The summed E-state index contributed by atoms with van der Waals surface area (Å²) < 4.78 is 0. The number of hydrogen-bond acceptors (Lipinski definition) is 10. The lowest BCUT2D eigenvalue weighted by molar-refractivity contribution is 0.199. The zero-order chi connectivity index (χ0) is 30.9. The molecule has 7 N–H and O–H groups in total. The number of aromatic nitrogens is 4. The fraction of sp³-hybridized carbons (Fsp3) is 0.333. The number of aliphatic hydroxyl groups excluding tert-OH is 2. The van der Waals surface area contributed by atoms with Crippen molar-refractivity contribution >= 4 is 63.8 Å². The van der Waals surface area contributed by atoms with E-state index in [1.807, 2.05) is 36.4 Å². The topological polar surface area (TPSA) is 154 Å². The van der Waals surface area contributed by atoms with Gasteiger partial charge in [0.2, 0.25) is 11.2 Å². The summed E-state index contributed by atoms with van der Waals surface area (Å²) in [6, 6.07) is 15.8. The largest absolute Gasteiger partial charge is 0.399 e. The Morgan fingerprint density at radius 1 is 0.767 bits per heavy atom. The van der Waals surface area contributed by atoms with Crippen molar-refractivity contribution in [3.05, 3.63) is 87.4 Å². The average Bonchev–Trinajstić information content (AvgIpc) is 3.91. The Morgan fingerprint density at radius 3 is 1.84 bits per heavy atom. The van der Waals surface area contributed by atoms with Gasteiger partial charge in [-0.15, -0.1) is 0 Å². The second kappa shape index (κ2) is 15.4. The fourth-order valence-corrected chi connectivity index (χ4v) is 4.07. The van der Waals surface area contributed by atoms with Crippen LogP contribution in [0.15, 0.2) is 60.9 Å². The summed E-state index contributed by atoms with van der Waals surface area (Å²) in [5, 5.41) is 29.5. The maximum Gasteiger partial charge on any atom is 0.229 e. The van der Waals surface area contributed by atoms with E-state index < -0.39 is 12.2 Å². The van der Waals surface area contributed by atoms with Crippen LogP contribution in [0, 0.1) is 0 Å². The first kappa shape index (κ1) is 32.5. The highest BCUT2D eigenvalue weighted by Gasteiger charge is 2.23. The van der Waals surface area contributed by atoms with E-state index in [1.54, 1.807) is 32.2 Å². The van der Waals surface area contributed by atoms with Crippen LogP contribution in [-0.2, 0) is 0 Å².